The molecule has 2 heterocycles. The zero-order valence-corrected chi connectivity index (χ0v) is 15.9. The van der Waals surface area contributed by atoms with Gasteiger partial charge in [0, 0.05) is 11.6 Å². The summed E-state index contributed by atoms with van der Waals surface area (Å²) in [7, 11) is -3.73. The van der Waals surface area contributed by atoms with Gasteiger partial charge in [0.2, 0.25) is 10.0 Å². The highest BCUT2D eigenvalue weighted by Gasteiger charge is 2.30. The molecule has 0 fully saturated rings. The molecule has 0 saturated heterocycles. The Kier molecular flexibility index (Phi) is 4.93. The monoisotopic (exact) mass is 370 g/mol. The lowest BCUT2D eigenvalue weighted by molar-refractivity contribution is 0.538. The van der Waals surface area contributed by atoms with Crippen LogP contribution in [-0.2, 0) is 22.0 Å². The zero-order chi connectivity index (χ0) is 18.8. The molecule has 0 amide bonds. The van der Waals surface area contributed by atoms with Crippen LogP contribution in [-0.4, -0.2) is 23.2 Å². The highest BCUT2D eigenvalue weighted by molar-refractivity contribution is 7.89. The van der Waals surface area contributed by atoms with Gasteiger partial charge in [-0.3, -0.25) is 4.98 Å². The molecule has 0 aliphatic carbocycles. The largest absolute Gasteiger partial charge is 0.260 e. The van der Waals surface area contributed by atoms with E-state index in [4.69, 9.17) is 0 Å². The second-order valence-corrected chi connectivity index (χ2v) is 8.75. The molecule has 136 valence electrons. The van der Waals surface area contributed by atoms with Gasteiger partial charge in [-0.1, -0.05) is 45.0 Å². The summed E-state index contributed by atoms with van der Waals surface area (Å²) in [6.45, 7) is 5.97. The number of nitrogens with zero attached hydrogens (tertiary/aromatic N) is 3. The van der Waals surface area contributed by atoms with E-state index in [-0.39, 0.29) is 11.4 Å². The molecule has 0 atom stereocenters. The van der Waals surface area contributed by atoms with Crippen LogP contribution in [0.1, 0.15) is 32.2 Å². The maximum absolute atomic E-state index is 12.9. The number of hydrogen-bond acceptors (Lipinski definition) is 4. The van der Waals surface area contributed by atoms with Crippen molar-refractivity contribution in [1.82, 2.24) is 19.5 Å². The van der Waals surface area contributed by atoms with Crippen LogP contribution in [0.3, 0.4) is 0 Å². The number of sulfonamides is 1. The highest BCUT2D eigenvalue weighted by atomic mass is 32.2. The molecule has 3 aromatic rings. The van der Waals surface area contributed by atoms with Crippen molar-refractivity contribution < 1.29 is 8.42 Å². The minimum Gasteiger partial charge on any atom is -0.260 e. The zero-order valence-electron chi connectivity index (χ0n) is 15.0. The number of rotatable bonds is 5. The van der Waals surface area contributed by atoms with Gasteiger partial charge in [-0.05, 0) is 24.3 Å². The van der Waals surface area contributed by atoms with E-state index in [0.717, 1.165) is 5.69 Å². The molecule has 2 aromatic heterocycles. The van der Waals surface area contributed by atoms with E-state index in [1.807, 2.05) is 57.2 Å². The smallest absolute Gasteiger partial charge is 0.244 e. The van der Waals surface area contributed by atoms with E-state index in [0.29, 0.717) is 11.4 Å². The third kappa shape index (κ3) is 4.00. The Balaban J connectivity index is 1.98. The first-order valence-electron chi connectivity index (χ1n) is 8.32. The third-order valence-corrected chi connectivity index (χ3v) is 5.27. The summed E-state index contributed by atoms with van der Waals surface area (Å²) in [5.41, 5.74) is 1.57. The predicted octanol–water partition coefficient (Wildman–Crippen LogP) is 3.04. The van der Waals surface area contributed by atoms with E-state index in [1.54, 1.807) is 29.2 Å². The second kappa shape index (κ2) is 7.01. The van der Waals surface area contributed by atoms with Crippen molar-refractivity contribution >= 4 is 10.0 Å². The number of para-hydroxylation sites is 1. The first-order chi connectivity index (χ1) is 12.3. The maximum atomic E-state index is 12.9. The quantitative estimate of drug-likeness (QED) is 0.749. The normalized spacial score (nSPS) is 12.3. The van der Waals surface area contributed by atoms with Crippen molar-refractivity contribution in [2.45, 2.75) is 37.6 Å². The van der Waals surface area contributed by atoms with Gasteiger partial charge >= 0.3 is 0 Å². The van der Waals surface area contributed by atoms with Crippen molar-refractivity contribution in [3.05, 3.63) is 72.3 Å². The van der Waals surface area contributed by atoms with Crippen LogP contribution in [0.25, 0.3) is 5.69 Å². The maximum Gasteiger partial charge on any atom is 0.244 e. The fraction of sp³-hybridized carbons (Fsp3) is 0.263. The van der Waals surface area contributed by atoms with Gasteiger partial charge < -0.3 is 0 Å². The topological polar surface area (TPSA) is 76.9 Å². The first-order valence-corrected chi connectivity index (χ1v) is 9.81. The van der Waals surface area contributed by atoms with E-state index in [1.165, 1.54) is 0 Å². The Morgan fingerprint density at radius 1 is 1.04 bits per heavy atom. The summed E-state index contributed by atoms with van der Waals surface area (Å²) in [4.78, 5) is 4.34. The van der Waals surface area contributed by atoms with E-state index in [2.05, 4.69) is 14.8 Å². The number of nitrogens with one attached hydrogen (secondary N) is 1. The van der Waals surface area contributed by atoms with Crippen LogP contribution in [0.4, 0.5) is 0 Å². The number of hydrogen-bond donors (Lipinski definition) is 1. The molecule has 0 aliphatic rings. The standard InChI is InChI=1S/C19H22N4O2S/c1-19(2,3)18-17(14-23(22-18)16-10-5-4-6-11-16)26(24,25)21-13-15-9-7-8-12-20-15/h4-12,14,21H,13H2,1-3H3. The van der Waals surface area contributed by atoms with Crippen molar-refractivity contribution in [2.75, 3.05) is 0 Å². The molecule has 0 unspecified atom stereocenters. The molecule has 1 N–H and O–H groups in total. The summed E-state index contributed by atoms with van der Waals surface area (Å²) in [6, 6.07) is 14.9. The fourth-order valence-electron chi connectivity index (χ4n) is 2.54. The first kappa shape index (κ1) is 18.3. The minimum absolute atomic E-state index is 0.128. The molecule has 0 radical (unpaired) electrons. The van der Waals surface area contributed by atoms with Crippen molar-refractivity contribution in [1.29, 1.82) is 0 Å². The summed E-state index contributed by atoms with van der Waals surface area (Å²) < 4.78 is 30.1. The highest BCUT2D eigenvalue weighted by Crippen LogP contribution is 2.28. The molecule has 1 aromatic carbocycles. The summed E-state index contributed by atoms with van der Waals surface area (Å²) in [5.74, 6) is 0. The Morgan fingerprint density at radius 2 is 1.73 bits per heavy atom. The fourth-order valence-corrected chi connectivity index (χ4v) is 3.87. The Labute approximate surface area is 154 Å². The lowest BCUT2D eigenvalue weighted by Gasteiger charge is -2.17. The number of aromatic nitrogens is 3. The Bertz CT molecular complexity index is 975. The minimum atomic E-state index is -3.73. The van der Waals surface area contributed by atoms with Gasteiger partial charge in [0.15, 0.2) is 0 Å². The molecular formula is C19H22N4O2S. The molecule has 0 aliphatic heterocycles. The molecule has 6 nitrogen and oxygen atoms in total. The lowest BCUT2D eigenvalue weighted by atomic mass is 9.92. The molecule has 26 heavy (non-hydrogen) atoms. The Hall–Kier alpha value is -2.51. The molecular weight excluding hydrogens is 348 g/mol. The summed E-state index contributed by atoms with van der Waals surface area (Å²) >= 11 is 0. The second-order valence-electron chi connectivity index (χ2n) is 7.02. The summed E-state index contributed by atoms with van der Waals surface area (Å²) in [6.07, 6.45) is 3.20. The van der Waals surface area contributed by atoms with Crippen LogP contribution in [0.15, 0.2) is 65.8 Å². The van der Waals surface area contributed by atoms with Crippen molar-refractivity contribution in [3.63, 3.8) is 0 Å². The van der Waals surface area contributed by atoms with Crippen molar-refractivity contribution in [2.24, 2.45) is 0 Å². The Morgan fingerprint density at radius 3 is 2.35 bits per heavy atom. The third-order valence-electron chi connectivity index (χ3n) is 3.87. The van der Waals surface area contributed by atoms with Crippen LogP contribution in [0.5, 0.6) is 0 Å². The van der Waals surface area contributed by atoms with Crippen LogP contribution in [0.2, 0.25) is 0 Å². The average molecular weight is 370 g/mol. The van der Waals surface area contributed by atoms with Crippen molar-refractivity contribution in [3.8, 4) is 5.69 Å². The van der Waals surface area contributed by atoms with E-state index >= 15 is 0 Å². The average Bonchev–Trinajstić information content (AvgIpc) is 3.09. The van der Waals surface area contributed by atoms with Gasteiger partial charge in [-0.25, -0.2) is 17.8 Å². The molecule has 0 bridgehead atoms. The number of pyridine rings is 1. The molecule has 0 saturated carbocycles. The van der Waals surface area contributed by atoms with Crippen LogP contribution < -0.4 is 4.72 Å². The van der Waals surface area contributed by atoms with Crippen LogP contribution >= 0.6 is 0 Å². The van der Waals surface area contributed by atoms with Gasteiger partial charge in [0.25, 0.3) is 0 Å². The number of benzene rings is 1. The van der Waals surface area contributed by atoms with Gasteiger partial charge in [0.1, 0.15) is 4.90 Å². The molecule has 7 heteroatoms. The van der Waals surface area contributed by atoms with E-state index in [9.17, 15) is 8.42 Å². The van der Waals surface area contributed by atoms with Gasteiger partial charge in [-0.15, -0.1) is 0 Å². The molecule has 0 spiro atoms. The summed E-state index contributed by atoms with van der Waals surface area (Å²) in [5, 5.41) is 4.55. The SMILES string of the molecule is CC(C)(C)c1nn(-c2ccccc2)cc1S(=O)(=O)NCc1ccccn1. The lowest BCUT2D eigenvalue weighted by Crippen LogP contribution is -2.26. The predicted molar refractivity (Wildman–Crippen MR) is 101 cm³/mol. The molecule has 3 rings (SSSR count). The van der Waals surface area contributed by atoms with Gasteiger partial charge in [0.05, 0.1) is 29.8 Å². The van der Waals surface area contributed by atoms with E-state index < -0.39 is 15.4 Å². The van der Waals surface area contributed by atoms with Gasteiger partial charge in [-0.2, -0.15) is 5.10 Å². The van der Waals surface area contributed by atoms with Crippen LogP contribution in [0, 0.1) is 0 Å².